The van der Waals surface area contributed by atoms with Crippen molar-refractivity contribution in [2.24, 2.45) is 0 Å². The summed E-state index contributed by atoms with van der Waals surface area (Å²) < 4.78 is 9.74. The molecule has 1 aromatic rings. The van der Waals surface area contributed by atoms with E-state index in [4.69, 9.17) is 4.74 Å². The lowest BCUT2D eigenvalue weighted by Gasteiger charge is -2.15. The van der Waals surface area contributed by atoms with Gasteiger partial charge in [0.05, 0.1) is 19.3 Å². The molecule has 0 aliphatic rings. The molecule has 0 saturated carbocycles. The molecule has 1 N–H and O–H groups in total. The van der Waals surface area contributed by atoms with Crippen molar-refractivity contribution < 1.29 is 19.1 Å². The Hall–Kier alpha value is -1.82. The highest BCUT2D eigenvalue weighted by Crippen LogP contribution is 2.12. The Morgan fingerprint density at radius 1 is 1.25 bits per heavy atom. The maximum absolute atomic E-state index is 11.6. The zero-order valence-electron chi connectivity index (χ0n) is 12.4. The lowest BCUT2D eigenvalue weighted by Crippen LogP contribution is -2.24. The summed E-state index contributed by atoms with van der Waals surface area (Å²) in [5.74, 6) is -0.444. The van der Waals surface area contributed by atoms with Crippen LogP contribution in [0, 0.1) is 0 Å². The molecule has 0 unspecified atom stereocenters. The van der Waals surface area contributed by atoms with Crippen LogP contribution in [0.15, 0.2) is 24.3 Å². The number of methoxy groups -OCH3 is 1. The van der Waals surface area contributed by atoms with Crippen LogP contribution < -0.4 is 5.32 Å². The number of anilines is 1. The first-order valence-corrected chi connectivity index (χ1v) is 10.1. The SMILES string of the molecule is COC(=O)c1cccc(NC(=O)OCC[Si](C)(C)C)c1. The van der Waals surface area contributed by atoms with Crippen molar-refractivity contribution in [1.82, 2.24) is 0 Å². The molecule has 0 aliphatic carbocycles. The second-order valence-corrected chi connectivity index (χ2v) is 11.3. The Morgan fingerprint density at radius 3 is 2.55 bits per heavy atom. The summed E-state index contributed by atoms with van der Waals surface area (Å²) in [6, 6.07) is 7.44. The van der Waals surface area contributed by atoms with Crippen LogP contribution in [0.1, 0.15) is 10.4 Å². The van der Waals surface area contributed by atoms with E-state index >= 15 is 0 Å². The molecule has 110 valence electrons. The summed E-state index contributed by atoms with van der Waals surface area (Å²) >= 11 is 0. The molecule has 20 heavy (non-hydrogen) atoms. The van der Waals surface area contributed by atoms with Crippen LogP contribution in [0.4, 0.5) is 10.5 Å². The van der Waals surface area contributed by atoms with Crippen molar-refractivity contribution in [2.75, 3.05) is 19.0 Å². The largest absolute Gasteiger partial charge is 0.465 e. The van der Waals surface area contributed by atoms with E-state index in [2.05, 4.69) is 29.7 Å². The quantitative estimate of drug-likeness (QED) is 0.668. The summed E-state index contributed by atoms with van der Waals surface area (Å²) in [7, 11) is 0.102. The van der Waals surface area contributed by atoms with E-state index in [9.17, 15) is 9.59 Å². The Bertz CT molecular complexity index is 482. The Morgan fingerprint density at radius 2 is 1.95 bits per heavy atom. The number of carbonyl (C=O) groups is 2. The minimum absolute atomic E-state index is 0.382. The zero-order chi connectivity index (χ0) is 15.2. The van der Waals surface area contributed by atoms with Crippen molar-refractivity contribution in [2.45, 2.75) is 25.7 Å². The molecular formula is C14H21NO4Si. The van der Waals surface area contributed by atoms with Gasteiger partial charge >= 0.3 is 12.1 Å². The van der Waals surface area contributed by atoms with E-state index in [-0.39, 0.29) is 0 Å². The summed E-state index contributed by atoms with van der Waals surface area (Å²) in [5, 5.41) is 2.59. The van der Waals surface area contributed by atoms with Crippen LogP contribution in [0.3, 0.4) is 0 Å². The third kappa shape index (κ3) is 5.88. The number of hydrogen-bond acceptors (Lipinski definition) is 4. The number of amides is 1. The summed E-state index contributed by atoms with van der Waals surface area (Å²) in [4.78, 5) is 23.0. The highest BCUT2D eigenvalue weighted by molar-refractivity contribution is 6.76. The molecule has 0 aromatic heterocycles. The number of carbonyl (C=O) groups excluding carboxylic acids is 2. The molecule has 1 aromatic carbocycles. The van der Waals surface area contributed by atoms with Crippen molar-refractivity contribution in [3.63, 3.8) is 0 Å². The molecule has 0 aliphatic heterocycles. The molecule has 0 atom stereocenters. The van der Waals surface area contributed by atoms with Gasteiger partial charge in [0.15, 0.2) is 0 Å². The second-order valence-electron chi connectivity index (χ2n) is 5.64. The monoisotopic (exact) mass is 295 g/mol. The normalized spacial score (nSPS) is 10.8. The average molecular weight is 295 g/mol. The van der Waals surface area contributed by atoms with Gasteiger partial charge in [-0.1, -0.05) is 25.7 Å². The van der Waals surface area contributed by atoms with Crippen LogP contribution in [0.2, 0.25) is 25.7 Å². The predicted octanol–water partition coefficient (Wildman–Crippen LogP) is 3.36. The van der Waals surface area contributed by atoms with Crippen molar-refractivity contribution in [3.05, 3.63) is 29.8 Å². The fourth-order valence-corrected chi connectivity index (χ4v) is 2.16. The van der Waals surface area contributed by atoms with Crippen LogP contribution in [-0.2, 0) is 9.47 Å². The minimum atomic E-state index is -1.21. The molecule has 0 fully saturated rings. The molecule has 0 spiro atoms. The van der Waals surface area contributed by atoms with Crippen LogP contribution >= 0.6 is 0 Å². The van der Waals surface area contributed by atoms with E-state index in [0.29, 0.717) is 17.9 Å². The summed E-state index contributed by atoms with van der Waals surface area (Å²) in [6.45, 7) is 7.06. The van der Waals surface area contributed by atoms with Gasteiger partial charge in [0.25, 0.3) is 0 Å². The number of ether oxygens (including phenoxy) is 2. The average Bonchev–Trinajstić information content (AvgIpc) is 2.36. The molecular weight excluding hydrogens is 274 g/mol. The lowest BCUT2D eigenvalue weighted by molar-refractivity contribution is 0.0600. The molecule has 0 radical (unpaired) electrons. The van der Waals surface area contributed by atoms with Gasteiger partial charge < -0.3 is 9.47 Å². The molecule has 0 saturated heterocycles. The van der Waals surface area contributed by atoms with Crippen molar-refractivity contribution >= 4 is 25.8 Å². The summed E-state index contributed by atoms with van der Waals surface area (Å²) in [5.41, 5.74) is 0.887. The van der Waals surface area contributed by atoms with Gasteiger partial charge in [0.1, 0.15) is 0 Å². The smallest absolute Gasteiger partial charge is 0.411 e. The Kier molecular flexibility index (Phi) is 5.76. The molecule has 1 amide bonds. The van der Waals surface area contributed by atoms with E-state index in [1.165, 1.54) is 7.11 Å². The van der Waals surface area contributed by atoms with E-state index in [1.807, 2.05) is 0 Å². The van der Waals surface area contributed by atoms with Crippen LogP contribution in [0.25, 0.3) is 0 Å². The lowest BCUT2D eigenvalue weighted by atomic mass is 10.2. The predicted molar refractivity (Wildman–Crippen MR) is 80.9 cm³/mol. The Balaban J connectivity index is 2.52. The molecule has 5 nitrogen and oxygen atoms in total. The van der Waals surface area contributed by atoms with Crippen LogP contribution in [-0.4, -0.2) is 33.9 Å². The van der Waals surface area contributed by atoms with Crippen LogP contribution in [0.5, 0.6) is 0 Å². The zero-order valence-corrected chi connectivity index (χ0v) is 13.4. The highest BCUT2D eigenvalue weighted by Gasteiger charge is 2.14. The maximum atomic E-state index is 11.6. The van der Waals surface area contributed by atoms with E-state index in [0.717, 1.165) is 6.04 Å². The fourth-order valence-electron chi connectivity index (χ4n) is 1.45. The first-order valence-electron chi connectivity index (χ1n) is 6.44. The van der Waals surface area contributed by atoms with Crippen molar-refractivity contribution in [1.29, 1.82) is 0 Å². The molecule has 1 rings (SSSR count). The van der Waals surface area contributed by atoms with Gasteiger partial charge in [0.2, 0.25) is 0 Å². The molecule has 6 heteroatoms. The number of hydrogen-bond donors (Lipinski definition) is 1. The first kappa shape index (κ1) is 16.2. The van der Waals surface area contributed by atoms with Crippen molar-refractivity contribution in [3.8, 4) is 0 Å². The standard InChI is InChI=1S/C14H21NO4Si/c1-18-13(16)11-6-5-7-12(10-11)15-14(17)19-8-9-20(2,3)4/h5-7,10H,8-9H2,1-4H3,(H,15,17). The van der Waals surface area contributed by atoms with Gasteiger partial charge in [-0.05, 0) is 24.2 Å². The number of benzene rings is 1. The van der Waals surface area contributed by atoms with Gasteiger partial charge in [-0.25, -0.2) is 9.59 Å². The highest BCUT2D eigenvalue weighted by atomic mass is 28.3. The molecule has 0 bridgehead atoms. The third-order valence-corrected chi connectivity index (χ3v) is 4.32. The summed E-state index contributed by atoms with van der Waals surface area (Å²) in [6.07, 6.45) is -0.509. The van der Waals surface area contributed by atoms with Gasteiger partial charge in [0, 0.05) is 13.8 Å². The van der Waals surface area contributed by atoms with Gasteiger partial charge in [-0.2, -0.15) is 0 Å². The minimum Gasteiger partial charge on any atom is -0.465 e. The van der Waals surface area contributed by atoms with Gasteiger partial charge in [-0.3, -0.25) is 5.32 Å². The number of rotatable bonds is 5. The topological polar surface area (TPSA) is 64.6 Å². The fraction of sp³-hybridized carbons (Fsp3) is 0.429. The Labute approximate surface area is 120 Å². The van der Waals surface area contributed by atoms with E-state index in [1.54, 1.807) is 24.3 Å². The maximum Gasteiger partial charge on any atom is 0.411 e. The number of nitrogens with one attached hydrogen (secondary N) is 1. The van der Waals surface area contributed by atoms with Gasteiger partial charge in [-0.15, -0.1) is 0 Å². The third-order valence-electron chi connectivity index (χ3n) is 2.62. The van der Waals surface area contributed by atoms with E-state index < -0.39 is 20.1 Å². The number of esters is 1. The second kappa shape index (κ2) is 7.09. The molecule has 0 heterocycles. The first-order chi connectivity index (χ1) is 9.31.